The number of nitrogens with zero attached hydrogens (tertiary/aromatic N) is 2. The Kier molecular flexibility index (Phi) is 4.10. The molecule has 1 aromatic rings. The number of pyridine rings is 1. The summed E-state index contributed by atoms with van der Waals surface area (Å²) in [7, 11) is 0. The van der Waals surface area contributed by atoms with Gasteiger partial charge in [-0.2, -0.15) is 0 Å². The van der Waals surface area contributed by atoms with Crippen LogP contribution >= 0.6 is 0 Å². The molecule has 0 amide bonds. The van der Waals surface area contributed by atoms with Crippen molar-refractivity contribution in [3.8, 4) is 0 Å². The van der Waals surface area contributed by atoms with E-state index in [4.69, 9.17) is 0 Å². The third-order valence-electron chi connectivity index (χ3n) is 2.00. The molecule has 0 fully saturated rings. The molecule has 0 unspecified atom stereocenters. The molecule has 0 N–H and O–H groups in total. The van der Waals surface area contributed by atoms with Gasteiger partial charge in [-0.1, -0.05) is 10.5 Å². The summed E-state index contributed by atoms with van der Waals surface area (Å²) in [5.74, 6) is 0. The van der Waals surface area contributed by atoms with Crippen molar-refractivity contribution in [1.82, 2.24) is 4.98 Å². The van der Waals surface area contributed by atoms with E-state index in [-0.39, 0.29) is 4.75 Å². The summed E-state index contributed by atoms with van der Waals surface area (Å²) in [4.78, 5) is 4.34. The lowest BCUT2D eigenvalue weighted by molar-refractivity contribution is 0.561. The first kappa shape index (κ1) is 13.2. The highest BCUT2D eigenvalue weighted by Gasteiger charge is 2.26. The minimum atomic E-state index is -1.23. The number of rotatable bonds is 2. The highest BCUT2D eigenvalue weighted by Crippen LogP contribution is 2.18. The van der Waals surface area contributed by atoms with Gasteiger partial charge in [-0.25, -0.2) is 0 Å². The summed E-state index contributed by atoms with van der Waals surface area (Å²) in [5, 5.41) is 0. The molecule has 1 atom stereocenters. The first-order valence-corrected chi connectivity index (χ1v) is 6.32. The van der Waals surface area contributed by atoms with Crippen LogP contribution in [-0.4, -0.2) is 20.0 Å². The zero-order valence-electron chi connectivity index (χ0n) is 10.4. The van der Waals surface area contributed by atoms with E-state index in [2.05, 4.69) is 9.38 Å². The van der Waals surface area contributed by atoms with Gasteiger partial charge in [0, 0.05) is 5.69 Å². The SMILES string of the molecule is C/C(=N\[S@+]([O-])C(C)(C)C)c1cccc(C)n1. The Labute approximate surface area is 100 Å². The van der Waals surface area contributed by atoms with Crippen LogP contribution in [0.3, 0.4) is 0 Å². The molecule has 1 rings (SSSR count). The molecule has 0 aromatic carbocycles. The number of aryl methyl sites for hydroxylation is 1. The molecule has 0 bridgehead atoms. The standard InChI is InChI=1S/C12H18N2OS/c1-9-7-6-8-11(13-9)10(2)14-16(15)12(3,4)5/h6-8H,1-5H3/b14-10+/t16-/m1/s1. The average molecular weight is 238 g/mol. The molecule has 88 valence electrons. The maximum absolute atomic E-state index is 11.8. The molecule has 1 aromatic heterocycles. The van der Waals surface area contributed by atoms with E-state index < -0.39 is 11.4 Å². The molecule has 0 saturated heterocycles. The Morgan fingerprint density at radius 1 is 1.38 bits per heavy atom. The van der Waals surface area contributed by atoms with Crippen LogP contribution in [0.5, 0.6) is 0 Å². The molecule has 0 aliphatic rings. The summed E-state index contributed by atoms with van der Waals surface area (Å²) < 4.78 is 15.7. The fraction of sp³-hybridized carbons (Fsp3) is 0.500. The third-order valence-corrected chi connectivity index (χ3v) is 3.49. The molecule has 0 saturated carbocycles. The van der Waals surface area contributed by atoms with Gasteiger partial charge >= 0.3 is 0 Å². The fourth-order valence-corrected chi connectivity index (χ4v) is 1.67. The zero-order valence-corrected chi connectivity index (χ0v) is 11.3. The van der Waals surface area contributed by atoms with Crippen molar-refractivity contribution in [2.45, 2.75) is 39.4 Å². The monoisotopic (exact) mass is 238 g/mol. The van der Waals surface area contributed by atoms with Crippen LogP contribution in [0, 0.1) is 6.92 Å². The predicted octanol–water partition coefficient (Wildman–Crippen LogP) is 2.66. The van der Waals surface area contributed by atoms with Gasteiger partial charge in [0.25, 0.3) is 0 Å². The van der Waals surface area contributed by atoms with Crippen LogP contribution < -0.4 is 0 Å². The van der Waals surface area contributed by atoms with Crippen molar-refractivity contribution in [3.63, 3.8) is 0 Å². The van der Waals surface area contributed by atoms with Crippen molar-refractivity contribution >= 4 is 17.1 Å². The quantitative estimate of drug-likeness (QED) is 0.587. The van der Waals surface area contributed by atoms with E-state index in [1.54, 1.807) is 0 Å². The maximum atomic E-state index is 11.8. The fourth-order valence-electron chi connectivity index (χ4n) is 1.05. The van der Waals surface area contributed by atoms with Crippen LogP contribution in [0.1, 0.15) is 39.1 Å². The van der Waals surface area contributed by atoms with Crippen LogP contribution in [0.15, 0.2) is 22.6 Å². The number of hydrogen-bond acceptors (Lipinski definition) is 3. The first-order chi connectivity index (χ1) is 7.30. The molecule has 0 spiro atoms. The summed E-state index contributed by atoms with van der Waals surface area (Å²) in [6.45, 7) is 9.49. The van der Waals surface area contributed by atoms with Crippen molar-refractivity contribution in [1.29, 1.82) is 0 Å². The Balaban J connectivity index is 2.94. The second-order valence-electron chi connectivity index (χ2n) is 4.70. The Hall–Kier alpha value is -0.870. The molecule has 16 heavy (non-hydrogen) atoms. The lowest BCUT2D eigenvalue weighted by Gasteiger charge is -2.18. The zero-order chi connectivity index (χ0) is 12.3. The van der Waals surface area contributed by atoms with E-state index in [9.17, 15) is 4.55 Å². The Bertz CT molecular complexity index is 396. The highest BCUT2D eigenvalue weighted by atomic mass is 32.2. The van der Waals surface area contributed by atoms with Gasteiger partial charge in [-0.15, -0.1) is 0 Å². The molecular weight excluding hydrogens is 220 g/mol. The average Bonchev–Trinajstić information content (AvgIpc) is 2.16. The summed E-state index contributed by atoms with van der Waals surface area (Å²) >= 11 is -1.23. The molecule has 0 aliphatic heterocycles. The van der Waals surface area contributed by atoms with E-state index in [1.807, 2.05) is 52.8 Å². The normalized spacial score (nSPS) is 15.0. The van der Waals surface area contributed by atoms with E-state index in [1.165, 1.54) is 0 Å². The number of hydrogen-bond donors (Lipinski definition) is 0. The molecular formula is C12H18N2OS. The van der Waals surface area contributed by atoms with E-state index in [0.717, 1.165) is 17.1 Å². The molecule has 3 nitrogen and oxygen atoms in total. The van der Waals surface area contributed by atoms with Gasteiger partial charge in [-0.05, 0) is 46.8 Å². The predicted molar refractivity (Wildman–Crippen MR) is 69.1 cm³/mol. The van der Waals surface area contributed by atoms with Crippen molar-refractivity contribution < 1.29 is 4.55 Å². The molecule has 1 heterocycles. The van der Waals surface area contributed by atoms with Crippen molar-refractivity contribution in [2.75, 3.05) is 0 Å². The van der Waals surface area contributed by atoms with Gasteiger partial charge in [0.1, 0.15) is 21.8 Å². The van der Waals surface area contributed by atoms with Gasteiger partial charge in [0.2, 0.25) is 0 Å². The Morgan fingerprint density at radius 2 is 2.00 bits per heavy atom. The van der Waals surface area contributed by atoms with E-state index >= 15 is 0 Å². The number of aromatic nitrogens is 1. The second-order valence-corrected chi connectivity index (χ2v) is 6.61. The van der Waals surface area contributed by atoms with Gasteiger partial charge in [0.05, 0.1) is 5.69 Å². The van der Waals surface area contributed by atoms with Crippen molar-refractivity contribution in [3.05, 3.63) is 29.6 Å². The lowest BCUT2D eigenvalue weighted by Crippen LogP contribution is -2.26. The maximum Gasteiger partial charge on any atom is 0.144 e. The molecule has 4 heteroatoms. The molecule has 0 radical (unpaired) electrons. The highest BCUT2D eigenvalue weighted by molar-refractivity contribution is 7.91. The van der Waals surface area contributed by atoms with E-state index in [0.29, 0.717) is 0 Å². The largest absolute Gasteiger partial charge is 0.591 e. The third kappa shape index (κ3) is 3.61. The van der Waals surface area contributed by atoms with Gasteiger partial charge < -0.3 is 4.55 Å². The summed E-state index contributed by atoms with van der Waals surface area (Å²) in [6, 6.07) is 5.74. The van der Waals surface area contributed by atoms with Crippen LogP contribution in [-0.2, 0) is 11.4 Å². The van der Waals surface area contributed by atoms with Crippen LogP contribution in [0.4, 0.5) is 0 Å². The minimum Gasteiger partial charge on any atom is -0.591 e. The second kappa shape index (κ2) is 4.97. The lowest BCUT2D eigenvalue weighted by atomic mass is 10.2. The first-order valence-electron chi connectivity index (χ1n) is 5.22. The summed E-state index contributed by atoms with van der Waals surface area (Å²) in [5.41, 5.74) is 2.45. The summed E-state index contributed by atoms with van der Waals surface area (Å²) in [6.07, 6.45) is 0. The smallest absolute Gasteiger partial charge is 0.144 e. The minimum absolute atomic E-state index is 0.328. The Morgan fingerprint density at radius 3 is 2.50 bits per heavy atom. The van der Waals surface area contributed by atoms with Crippen LogP contribution in [0.2, 0.25) is 0 Å². The van der Waals surface area contributed by atoms with Crippen molar-refractivity contribution in [2.24, 2.45) is 4.40 Å². The molecule has 0 aliphatic carbocycles. The van der Waals surface area contributed by atoms with Gasteiger partial charge in [0.15, 0.2) is 0 Å². The topological polar surface area (TPSA) is 48.3 Å². The van der Waals surface area contributed by atoms with Crippen LogP contribution in [0.25, 0.3) is 0 Å². The van der Waals surface area contributed by atoms with Gasteiger partial charge in [-0.3, -0.25) is 4.98 Å².